The first-order valence-electron chi connectivity index (χ1n) is 5.32. The van der Waals surface area contributed by atoms with Crippen LogP contribution in [0.1, 0.15) is 39.0 Å². The molecule has 1 aliphatic heterocycles. The Labute approximate surface area is 94.4 Å². The van der Waals surface area contributed by atoms with E-state index < -0.39 is 0 Å². The maximum Gasteiger partial charge on any atom is 0.216 e. The molecule has 1 saturated heterocycles. The van der Waals surface area contributed by atoms with E-state index in [9.17, 15) is 4.79 Å². The Kier molecular flexibility index (Phi) is 6.52. The molecule has 2 nitrogen and oxygen atoms in total. The van der Waals surface area contributed by atoms with Gasteiger partial charge in [0.25, 0.3) is 0 Å². The second kappa shape index (κ2) is 7.46. The second-order valence-corrected chi connectivity index (χ2v) is 6.45. The van der Waals surface area contributed by atoms with Crippen LogP contribution in [-0.2, 0) is 4.79 Å². The Morgan fingerprint density at radius 1 is 1.43 bits per heavy atom. The molecular weight excluding hydrogens is 214 g/mol. The van der Waals surface area contributed by atoms with E-state index in [2.05, 4.69) is 16.1 Å². The smallest absolute Gasteiger partial charge is 0.216 e. The number of carbonyl (C=O) groups excluding carboxylic acids is 1. The van der Waals surface area contributed by atoms with Gasteiger partial charge >= 0.3 is 0 Å². The van der Waals surface area contributed by atoms with E-state index in [4.69, 9.17) is 0 Å². The molecule has 0 aromatic carbocycles. The number of unbranched alkanes of at least 4 members (excludes halogenated alkanes) is 2. The molecule has 4 heteroatoms. The Hall–Kier alpha value is 0.170. The minimum atomic E-state index is 0.0905. The molecule has 1 amide bonds. The van der Waals surface area contributed by atoms with Gasteiger partial charge in [-0.15, -0.1) is 0 Å². The summed E-state index contributed by atoms with van der Waals surface area (Å²) in [6.45, 7) is 2.42. The van der Waals surface area contributed by atoms with Crippen LogP contribution in [0.5, 0.6) is 0 Å². The highest BCUT2D eigenvalue weighted by atomic mass is 33.1. The highest BCUT2D eigenvalue weighted by Gasteiger charge is 2.15. The zero-order valence-electron chi connectivity index (χ0n) is 8.75. The van der Waals surface area contributed by atoms with Crippen molar-refractivity contribution >= 4 is 27.5 Å². The van der Waals surface area contributed by atoms with Crippen LogP contribution >= 0.6 is 21.6 Å². The third-order valence-corrected chi connectivity index (χ3v) is 5.31. The summed E-state index contributed by atoms with van der Waals surface area (Å²) in [5, 5.41) is 3.73. The zero-order chi connectivity index (χ0) is 10.2. The molecule has 1 rings (SSSR count). The highest BCUT2D eigenvalue weighted by Crippen LogP contribution is 2.39. The lowest BCUT2D eigenvalue weighted by Gasteiger charge is -2.06. The summed E-state index contributed by atoms with van der Waals surface area (Å²) in [5.41, 5.74) is 0. The van der Waals surface area contributed by atoms with Crippen molar-refractivity contribution in [2.24, 2.45) is 0 Å². The van der Waals surface area contributed by atoms with E-state index in [0.717, 1.165) is 18.2 Å². The van der Waals surface area contributed by atoms with E-state index in [-0.39, 0.29) is 5.91 Å². The molecule has 0 aliphatic carbocycles. The molecule has 0 spiro atoms. The lowest BCUT2D eigenvalue weighted by Crippen LogP contribution is -2.20. The fourth-order valence-corrected chi connectivity index (χ4v) is 4.53. The van der Waals surface area contributed by atoms with Crippen molar-refractivity contribution in [3.63, 3.8) is 0 Å². The van der Waals surface area contributed by atoms with Gasteiger partial charge in [-0.05, 0) is 19.3 Å². The Bertz CT molecular complexity index is 170. The molecule has 0 aromatic rings. The molecule has 1 N–H and O–H groups in total. The predicted molar refractivity (Wildman–Crippen MR) is 65.6 cm³/mol. The summed E-state index contributed by atoms with van der Waals surface area (Å²) in [7, 11) is 4.07. The molecular formula is C10H19NOS2. The average Bonchev–Trinajstić information content (AvgIpc) is 2.63. The van der Waals surface area contributed by atoms with Crippen LogP contribution in [0.3, 0.4) is 0 Å². The van der Waals surface area contributed by atoms with Crippen LogP contribution in [0.15, 0.2) is 0 Å². The van der Waals surface area contributed by atoms with Crippen LogP contribution in [0, 0.1) is 0 Å². The lowest BCUT2D eigenvalue weighted by molar-refractivity contribution is -0.118. The van der Waals surface area contributed by atoms with Gasteiger partial charge in [-0.2, -0.15) is 0 Å². The maximum atomic E-state index is 10.6. The molecule has 1 atom stereocenters. The van der Waals surface area contributed by atoms with E-state index >= 15 is 0 Å². The van der Waals surface area contributed by atoms with Gasteiger partial charge < -0.3 is 5.32 Å². The van der Waals surface area contributed by atoms with Gasteiger partial charge in [-0.1, -0.05) is 34.4 Å². The number of amides is 1. The minimum Gasteiger partial charge on any atom is -0.356 e. The third-order valence-electron chi connectivity index (χ3n) is 2.30. The Morgan fingerprint density at radius 3 is 2.93 bits per heavy atom. The van der Waals surface area contributed by atoms with Crippen molar-refractivity contribution in [2.45, 2.75) is 44.3 Å². The molecule has 0 saturated carbocycles. The normalized spacial score (nSPS) is 21.1. The van der Waals surface area contributed by atoms with Gasteiger partial charge in [0.1, 0.15) is 0 Å². The standard InChI is InChI=1S/C10H19NOS2/c1-9(12)11-7-4-2-3-5-10-6-8-13-14-10/h10H,2-8H2,1H3,(H,11,12). The SMILES string of the molecule is CC(=O)NCCCCCC1CCSS1. The average molecular weight is 233 g/mol. The Balaban J connectivity index is 1.82. The molecule has 0 radical (unpaired) electrons. The number of carbonyl (C=O) groups is 1. The van der Waals surface area contributed by atoms with Gasteiger partial charge in [0.05, 0.1) is 0 Å². The first kappa shape index (κ1) is 12.2. The summed E-state index contributed by atoms with van der Waals surface area (Å²) in [6, 6.07) is 0. The van der Waals surface area contributed by atoms with Crippen LogP contribution in [0.2, 0.25) is 0 Å². The van der Waals surface area contributed by atoms with Crippen LogP contribution in [0.4, 0.5) is 0 Å². The van der Waals surface area contributed by atoms with Crippen LogP contribution in [0.25, 0.3) is 0 Å². The molecule has 14 heavy (non-hydrogen) atoms. The first-order chi connectivity index (χ1) is 6.79. The van der Waals surface area contributed by atoms with E-state index in [1.807, 2.05) is 10.8 Å². The van der Waals surface area contributed by atoms with Gasteiger partial charge in [-0.25, -0.2) is 0 Å². The van der Waals surface area contributed by atoms with Crippen molar-refractivity contribution in [2.75, 3.05) is 12.3 Å². The van der Waals surface area contributed by atoms with Gasteiger partial charge in [0, 0.05) is 24.5 Å². The first-order valence-corrected chi connectivity index (χ1v) is 7.70. The van der Waals surface area contributed by atoms with Crippen LogP contribution < -0.4 is 5.32 Å². The van der Waals surface area contributed by atoms with Crippen molar-refractivity contribution in [1.82, 2.24) is 5.32 Å². The van der Waals surface area contributed by atoms with Crippen molar-refractivity contribution < 1.29 is 4.79 Å². The molecule has 82 valence electrons. The second-order valence-electron chi connectivity index (χ2n) is 3.66. The quantitative estimate of drug-likeness (QED) is 0.565. The highest BCUT2D eigenvalue weighted by molar-refractivity contribution is 8.77. The molecule has 1 heterocycles. The molecule has 1 unspecified atom stereocenters. The number of rotatable bonds is 6. The lowest BCUT2D eigenvalue weighted by atomic mass is 10.1. The summed E-state index contributed by atoms with van der Waals surface area (Å²) >= 11 is 0. The van der Waals surface area contributed by atoms with Gasteiger partial charge in [-0.3, -0.25) is 4.79 Å². The maximum absolute atomic E-state index is 10.6. The van der Waals surface area contributed by atoms with E-state index in [0.29, 0.717) is 0 Å². The molecule has 1 aliphatic rings. The summed E-state index contributed by atoms with van der Waals surface area (Å²) in [4.78, 5) is 10.6. The van der Waals surface area contributed by atoms with Gasteiger partial charge in [0.15, 0.2) is 0 Å². The monoisotopic (exact) mass is 233 g/mol. The topological polar surface area (TPSA) is 29.1 Å². The number of hydrogen-bond acceptors (Lipinski definition) is 3. The zero-order valence-corrected chi connectivity index (χ0v) is 10.4. The molecule has 0 aromatic heterocycles. The van der Waals surface area contributed by atoms with E-state index in [1.165, 1.54) is 31.4 Å². The van der Waals surface area contributed by atoms with Crippen molar-refractivity contribution in [3.05, 3.63) is 0 Å². The number of hydrogen-bond donors (Lipinski definition) is 1. The summed E-state index contributed by atoms with van der Waals surface area (Å²) < 4.78 is 0. The van der Waals surface area contributed by atoms with Crippen molar-refractivity contribution in [3.8, 4) is 0 Å². The molecule has 1 fully saturated rings. The largest absolute Gasteiger partial charge is 0.356 e. The summed E-state index contributed by atoms with van der Waals surface area (Å²) in [5.74, 6) is 1.43. The van der Waals surface area contributed by atoms with Crippen molar-refractivity contribution in [1.29, 1.82) is 0 Å². The van der Waals surface area contributed by atoms with Crippen LogP contribution in [-0.4, -0.2) is 23.5 Å². The minimum absolute atomic E-state index is 0.0905. The summed E-state index contributed by atoms with van der Waals surface area (Å²) in [6.07, 6.45) is 6.45. The fraction of sp³-hybridized carbons (Fsp3) is 0.900. The predicted octanol–water partition coefficient (Wildman–Crippen LogP) is 2.84. The third kappa shape index (κ3) is 5.81. The molecule has 0 bridgehead atoms. The van der Waals surface area contributed by atoms with E-state index in [1.54, 1.807) is 6.92 Å². The Morgan fingerprint density at radius 2 is 2.29 bits per heavy atom. The van der Waals surface area contributed by atoms with Gasteiger partial charge in [0.2, 0.25) is 5.91 Å². The fourth-order valence-electron chi connectivity index (χ4n) is 1.50. The number of nitrogens with one attached hydrogen (secondary N) is 1.